The van der Waals surface area contributed by atoms with E-state index in [2.05, 4.69) is 10.4 Å². The zero-order valence-electron chi connectivity index (χ0n) is 10.0. The molecule has 0 aliphatic heterocycles. The molecule has 2 rings (SSSR count). The average Bonchev–Trinajstić information content (AvgIpc) is 3.05. The number of aliphatic hydroxyl groups is 1. The van der Waals surface area contributed by atoms with E-state index in [4.69, 9.17) is 0 Å². The van der Waals surface area contributed by atoms with Gasteiger partial charge in [0.25, 0.3) is 0 Å². The standard InChI is InChI=1S/C11H16F3N3O/c1-15-10(7-18,8-2-3-8)6-17-5-4-9(16-17)11(12,13)14/h4-5,8,15,18H,2-3,6-7H2,1H3. The number of aromatic nitrogens is 2. The van der Waals surface area contributed by atoms with E-state index in [1.807, 2.05) is 0 Å². The Morgan fingerprint density at radius 3 is 2.56 bits per heavy atom. The van der Waals surface area contributed by atoms with Crippen LogP contribution in [0.15, 0.2) is 12.3 Å². The highest BCUT2D eigenvalue weighted by Gasteiger charge is 2.44. The van der Waals surface area contributed by atoms with Crippen molar-refractivity contribution in [3.63, 3.8) is 0 Å². The molecule has 1 aliphatic carbocycles. The third kappa shape index (κ3) is 2.51. The van der Waals surface area contributed by atoms with Crippen molar-refractivity contribution in [1.82, 2.24) is 15.1 Å². The summed E-state index contributed by atoms with van der Waals surface area (Å²) in [5, 5.41) is 16.0. The first kappa shape index (κ1) is 13.4. The molecule has 1 saturated carbocycles. The number of nitrogens with one attached hydrogen (secondary N) is 1. The zero-order chi connectivity index (χ0) is 13.4. The minimum absolute atomic E-state index is 0.116. The molecule has 1 atom stereocenters. The van der Waals surface area contributed by atoms with Gasteiger partial charge in [-0.25, -0.2) is 0 Å². The van der Waals surface area contributed by atoms with Crippen molar-refractivity contribution in [3.05, 3.63) is 18.0 Å². The van der Waals surface area contributed by atoms with Crippen LogP contribution in [0.5, 0.6) is 0 Å². The van der Waals surface area contributed by atoms with Crippen LogP contribution in [0.1, 0.15) is 18.5 Å². The number of aliphatic hydroxyl groups excluding tert-OH is 1. The average molecular weight is 263 g/mol. The van der Waals surface area contributed by atoms with Gasteiger partial charge in [-0.3, -0.25) is 4.68 Å². The van der Waals surface area contributed by atoms with Gasteiger partial charge in [-0.1, -0.05) is 0 Å². The number of hydrogen-bond acceptors (Lipinski definition) is 3. The fourth-order valence-electron chi connectivity index (χ4n) is 2.20. The van der Waals surface area contributed by atoms with Crippen LogP contribution in [0.25, 0.3) is 0 Å². The number of nitrogens with zero attached hydrogens (tertiary/aromatic N) is 2. The number of hydrogen-bond donors (Lipinski definition) is 2. The first-order valence-electron chi connectivity index (χ1n) is 5.82. The van der Waals surface area contributed by atoms with Crippen LogP contribution >= 0.6 is 0 Å². The quantitative estimate of drug-likeness (QED) is 0.841. The van der Waals surface area contributed by atoms with Crippen molar-refractivity contribution < 1.29 is 18.3 Å². The van der Waals surface area contributed by atoms with Crippen LogP contribution in [0.3, 0.4) is 0 Å². The van der Waals surface area contributed by atoms with Crippen LogP contribution in [0.2, 0.25) is 0 Å². The van der Waals surface area contributed by atoms with Gasteiger partial charge in [-0.2, -0.15) is 18.3 Å². The van der Waals surface area contributed by atoms with Crippen molar-refractivity contribution in [1.29, 1.82) is 0 Å². The van der Waals surface area contributed by atoms with Gasteiger partial charge in [-0.05, 0) is 31.9 Å². The molecule has 1 aromatic heterocycles. The maximum absolute atomic E-state index is 12.4. The second-order valence-corrected chi connectivity index (χ2v) is 4.73. The molecule has 0 spiro atoms. The van der Waals surface area contributed by atoms with E-state index in [1.165, 1.54) is 10.9 Å². The van der Waals surface area contributed by atoms with Gasteiger partial charge < -0.3 is 10.4 Å². The molecule has 18 heavy (non-hydrogen) atoms. The molecule has 102 valence electrons. The lowest BCUT2D eigenvalue weighted by atomic mass is 9.94. The summed E-state index contributed by atoms with van der Waals surface area (Å²) in [6.07, 6.45) is -1.16. The minimum Gasteiger partial charge on any atom is -0.394 e. The Balaban J connectivity index is 2.14. The van der Waals surface area contributed by atoms with Gasteiger partial charge in [0, 0.05) is 6.20 Å². The number of halogens is 3. The smallest absolute Gasteiger partial charge is 0.394 e. The van der Waals surface area contributed by atoms with Gasteiger partial charge in [0.15, 0.2) is 5.69 Å². The molecule has 1 heterocycles. The molecule has 1 unspecified atom stereocenters. The van der Waals surface area contributed by atoms with Crippen LogP contribution in [0, 0.1) is 5.92 Å². The third-order valence-electron chi connectivity index (χ3n) is 3.51. The Kier molecular flexibility index (Phi) is 3.37. The van der Waals surface area contributed by atoms with E-state index in [0.717, 1.165) is 18.9 Å². The summed E-state index contributed by atoms with van der Waals surface area (Å²) in [6.45, 7) is 0.121. The normalized spacial score (nSPS) is 19.8. The summed E-state index contributed by atoms with van der Waals surface area (Å²) in [4.78, 5) is 0. The molecule has 0 radical (unpaired) electrons. The highest BCUT2D eigenvalue weighted by Crippen LogP contribution is 2.40. The zero-order valence-corrected chi connectivity index (χ0v) is 10.0. The first-order valence-corrected chi connectivity index (χ1v) is 5.82. The van der Waals surface area contributed by atoms with E-state index in [0.29, 0.717) is 5.92 Å². The van der Waals surface area contributed by atoms with Crippen molar-refractivity contribution in [2.75, 3.05) is 13.7 Å². The van der Waals surface area contributed by atoms with Gasteiger partial charge in [0.2, 0.25) is 0 Å². The number of alkyl halides is 3. The van der Waals surface area contributed by atoms with E-state index in [-0.39, 0.29) is 13.2 Å². The molecule has 0 bridgehead atoms. The monoisotopic (exact) mass is 263 g/mol. The Labute approximate surface area is 103 Å². The first-order chi connectivity index (χ1) is 8.41. The van der Waals surface area contributed by atoms with E-state index in [1.54, 1.807) is 7.05 Å². The summed E-state index contributed by atoms with van der Waals surface area (Å²) >= 11 is 0. The van der Waals surface area contributed by atoms with E-state index >= 15 is 0 Å². The van der Waals surface area contributed by atoms with Gasteiger partial charge in [-0.15, -0.1) is 0 Å². The molecule has 1 aliphatic rings. The summed E-state index contributed by atoms with van der Waals surface area (Å²) in [6, 6.07) is 0.949. The molecule has 2 N–H and O–H groups in total. The van der Waals surface area contributed by atoms with E-state index in [9.17, 15) is 18.3 Å². The molecule has 0 saturated heterocycles. The lowest BCUT2D eigenvalue weighted by Crippen LogP contribution is -2.52. The van der Waals surface area contributed by atoms with E-state index < -0.39 is 17.4 Å². The third-order valence-corrected chi connectivity index (χ3v) is 3.51. The largest absolute Gasteiger partial charge is 0.435 e. The molecule has 1 aromatic rings. The minimum atomic E-state index is -4.42. The summed E-state index contributed by atoms with van der Waals surface area (Å²) < 4.78 is 38.5. The maximum Gasteiger partial charge on any atom is 0.435 e. The number of rotatable bonds is 5. The van der Waals surface area contributed by atoms with Crippen molar-refractivity contribution in [2.45, 2.75) is 31.1 Å². The lowest BCUT2D eigenvalue weighted by Gasteiger charge is -2.31. The maximum atomic E-state index is 12.4. The molecular weight excluding hydrogens is 247 g/mol. The summed E-state index contributed by atoms with van der Waals surface area (Å²) in [5.41, 5.74) is -1.48. The SMILES string of the molecule is CNC(CO)(Cn1ccc(C(F)(F)F)n1)C1CC1. The number of likely N-dealkylation sites (N-methyl/N-ethyl adjacent to an activating group) is 1. The van der Waals surface area contributed by atoms with Crippen molar-refractivity contribution in [2.24, 2.45) is 5.92 Å². The molecule has 4 nitrogen and oxygen atoms in total. The lowest BCUT2D eigenvalue weighted by molar-refractivity contribution is -0.141. The fraction of sp³-hybridized carbons (Fsp3) is 0.727. The molecule has 7 heteroatoms. The van der Waals surface area contributed by atoms with Crippen LogP contribution in [-0.4, -0.2) is 34.1 Å². The second kappa shape index (κ2) is 4.55. The van der Waals surface area contributed by atoms with Crippen LogP contribution in [-0.2, 0) is 12.7 Å². The van der Waals surface area contributed by atoms with Gasteiger partial charge >= 0.3 is 6.18 Å². The predicted octanol–water partition coefficient (Wildman–Crippen LogP) is 1.26. The van der Waals surface area contributed by atoms with Crippen LogP contribution in [0.4, 0.5) is 13.2 Å². The van der Waals surface area contributed by atoms with Crippen molar-refractivity contribution in [3.8, 4) is 0 Å². The molecule has 0 amide bonds. The topological polar surface area (TPSA) is 50.1 Å². The van der Waals surface area contributed by atoms with Crippen LogP contribution < -0.4 is 5.32 Å². The second-order valence-electron chi connectivity index (χ2n) is 4.73. The Bertz CT molecular complexity index is 408. The fourth-order valence-corrected chi connectivity index (χ4v) is 2.20. The summed E-state index contributed by atoms with van der Waals surface area (Å²) in [5.74, 6) is 0.297. The Morgan fingerprint density at radius 1 is 1.50 bits per heavy atom. The highest BCUT2D eigenvalue weighted by atomic mass is 19.4. The Morgan fingerprint density at radius 2 is 2.17 bits per heavy atom. The van der Waals surface area contributed by atoms with Crippen molar-refractivity contribution >= 4 is 0 Å². The Hall–Kier alpha value is -1.08. The van der Waals surface area contributed by atoms with Gasteiger partial charge in [0.1, 0.15) is 0 Å². The highest BCUT2D eigenvalue weighted by molar-refractivity contribution is 5.06. The molecule has 0 aromatic carbocycles. The molecule has 1 fully saturated rings. The molecular formula is C11H16F3N3O. The predicted molar refractivity (Wildman–Crippen MR) is 58.8 cm³/mol. The van der Waals surface area contributed by atoms with Gasteiger partial charge in [0.05, 0.1) is 18.7 Å². The summed E-state index contributed by atoms with van der Waals surface area (Å²) in [7, 11) is 1.71.